The van der Waals surface area contributed by atoms with Gasteiger partial charge >= 0.3 is 0 Å². The highest BCUT2D eigenvalue weighted by Gasteiger charge is 2.24. The van der Waals surface area contributed by atoms with E-state index in [0.29, 0.717) is 11.4 Å². The first-order chi connectivity index (χ1) is 9.71. The third kappa shape index (κ3) is 2.91. The van der Waals surface area contributed by atoms with Crippen LogP contribution in [0.5, 0.6) is 0 Å². The van der Waals surface area contributed by atoms with Crippen LogP contribution >= 0.6 is 0 Å². The van der Waals surface area contributed by atoms with Crippen LogP contribution < -0.4 is 5.32 Å². The van der Waals surface area contributed by atoms with Crippen molar-refractivity contribution in [3.8, 4) is 6.07 Å². The summed E-state index contributed by atoms with van der Waals surface area (Å²) in [7, 11) is 0. The second-order valence-electron chi connectivity index (χ2n) is 5.15. The number of ether oxygens (including phenoxy) is 1. The van der Waals surface area contributed by atoms with E-state index in [4.69, 9.17) is 4.74 Å². The fraction of sp³-hybridized carbons (Fsp3) is 0.667. The van der Waals surface area contributed by atoms with E-state index in [1.54, 1.807) is 0 Å². The minimum atomic E-state index is 0.135. The zero-order valence-corrected chi connectivity index (χ0v) is 12.4. The molecular weight excluding hydrogens is 252 g/mol. The second kappa shape index (κ2) is 6.67. The minimum Gasteiger partial charge on any atom is -0.376 e. The highest BCUT2D eigenvalue weighted by Crippen LogP contribution is 2.23. The van der Waals surface area contributed by atoms with Crippen molar-refractivity contribution >= 4 is 5.82 Å². The Morgan fingerprint density at radius 1 is 1.40 bits per heavy atom. The molecule has 0 radical (unpaired) electrons. The molecule has 20 heavy (non-hydrogen) atoms. The second-order valence-corrected chi connectivity index (χ2v) is 5.15. The summed E-state index contributed by atoms with van der Waals surface area (Å²) in [5.74, 6) is 0.588. The van der Waals surface area contributed by atoms with Gasteiger partial charge in [0.1, 0.15) is 11.6 Å². The number of nitrogens with zero attached hydrogens (tertiary/aromatic N) is 3. The number of aromatic nitrogens is 2. The van der Waals surface area contributed by atoms with Gasteiger partial charge in [-0.25, -0.2) is 0 Å². The van der Waals surface area contributed by atoms with Crippen LogP contribution in [0.2, 0.25) is 0 Å². The minimum absolute atomic E-state index is 0.135. The van der Waals surface area contributed by atoms with Crippen molar-refractivity contribution in [1.82, 2.24) is 10.2 Å². The zero-order chi connectivity index (χ0) is 14.5. The Hall–Kier alpha value is -1.67. The van der Waals surface area contributed by atoms with E-state index in [1.807, 2.05) is 13.8 Å². The first kappa shape index (κ1) is 14.7. The summed E-state index contributed by atoms with van der Waals surface area (Å²) in [5.41, 5.74) is 2.55. The third-order valence-electron chi connectivity index (χ3n) is 3.84. The molecular formula is C15H22N4O. The number of aryl methyl sites for hydroxylation is 1. The molecule has 5 nitrogen and oxygen atoms in total. The van der Waals surface area contributed by atoms with Gasteiger partial charge in [0.15, 0.2) is 5.82 Å². The van der Waals surface area contributed by atoms with Gasteiger partial charge in [0, 0.05) is 6.61 Å². The van der Waals surface area contributed by atoms with Crippen molar-refractivity contribution in [2.75, 3.05) is 11.9 Å². The normalized spacial score (nSPS) is 19.6. The van der Waals surface area contributed by atoms with Crippen LogP contribution in [0.4, 0.5) is 5.82 Å². The van der Waals surface area contributed by atoms with Crippen molar-refractivity contribution in [2.24, 2.45) is 0 Å². The number of hydrogen-bond donors (Lipinski definition) is 1. The molecule has 1 aromatic rings. The van der Waals surface area contributed by atoms with Gasteiger partial charge in [-0.15, -0.1) is 5.10 Å². The van der Waals surface area contributed by atoms with Gasteiger partial charge in [-0.2, -0.15) is 10.4 Å². The number of hydrogen-bond acceptors (Lipinski definition) is 5. The lowest BCUT2D eigenvalue weighted by atomic mass is 10.0. The Bertz CT molecular complexity index is 503. The molecule has 0 bridgehead atoms. The lowest BCUT2D eigenvalue weighted by Crippen LogP contribution is -2.31. The van der Waals surface area contributed by atoms with Crippen LogP contribution in [0, 0.1) is 11.3 Å². The first-order valence-electron chi connectivity index (χ1n) is 7.37. The summed E-state index contributed by atoms with van der Waals surface area (Å²) in [6, 6.07) is 2.42. The van der Waals surface area contributed by atoms with Gasteiger partial charge in [0.2, 0.25) is 0 Å². The molecule has 1 fully saturated rings. The molecule has 2 unspecified atom stereocenters. The smallest absolute Gasteiger partial charge is 0.167 e. The molecule has 0 aromatic carbocycles. The summed E-state index contributed by atoms with van der Waals surface area (Å²) >= 11 is 0. The van der Waals surface area contributed by atoms with Gasteiger partial charge in [0.05, 0.1) is 17.8 Å². The molecule has 2 atom stereocenters. The molecule has 0 saturated carbocycles. The predicted molar refractivity (Wildman–Crippen MR) is 77.6 cm³/mol. The quantitative estimate of drug-likeness (QED) is 0.893. The molecule has 1 aromatic heterocycles. The maximum absolute atomic E-state index is 9.44. The molecule has 1 aliphatic heterocycles. The number of rotatable bonds is 5. The molecule has 0 amide bonds. The Balaban J connectivity index is 2.25. The summed E-state index contributed by atoms with van der Waals surface area (Å²) in [5, 5.41) is 21.2. The molecule has 1 aliphatic rings. The van der Waals surface area contributed by atoms with Crippen LogP contribution in [0.25, 0.3) is 0 Å². The van der Waals surface area contributed by atoms with Gasteiger partial charge in [-0.05, 0) is 38.2 Å². The molecule has 2 rings (SSSR count). The topological polar surface area (TPSA) is 70.8 Å². The van der Waals surface area contributed by atoms with Gasteiger partial charge in [0.25, 0.3) is 0 Å². The summed E-state index contributed by atoms with van der Waals surface area (Å²) < 4.78 is 5.67. The molecule has 2 heterocycles. The number of nitrogens with one attached hydrogen (secondary N) is 1. The Labute approximate surface area is 120 Å². The summed E-state index contributed by atoms with van der Waals surface area (Å²) in [6.07, 6.45) is 3.94. The predicted octanol–water partition coefficient (Wildman–Crippen LogP) is 2.45. The molecule has 0 spiro atoms. The van der Waals surface area contributed by atoms with Crippen molar-refractivity contribution in [3.63, 3.8) is 0 Å². The number of nitriles is 1. The fourth-order valence-electron chi connectivity index (χ4n) is 2.70. The highest BCUT2D eigenvalue weighted by atomic mass is 16.5. The zero-order valence-electron chi connectivity index (χ0n) is 12.4. The number of anilines is 1. The van der Waals surface area contributed by atoms with Gasteiger partial charge < -0.3 is 10.1 Å². The average Bonchev–Trinajstić information content (AvgIpc) is 3.00. The van der Waals surface area contributed by atoms with E-state index >= 15 is 0 Å². The van der Waals surface area contributed by atoms with Crippen molar-refractivity contribution in [3.05, 3.63) is 16.8 Å². The van der Waals surface area contributed by atoms with Gasteiger partial charge in [-0.1, -0.05) is 13.8 Å². The standard InChI is InChI=1S/C15H22N4O/c1-4-11-12(9-16)15(19-18-13(11)5-2)17-10(3)14-7-6-8-20-14/h10,14H,4-8H2,1-3H3,(H,17,19). The van der Waals surface area contributed by atoms with E-state index in [-0.39, 0.29) is 12.1 Å². The molecule has 5 heteroatoms. The fourth-order valence-corrected chi connectivity index (χ4v) is 2.70. The Morgan fingerprint density at radius 2 is 2.20 bits per heavy atom. The summed E-state index contributed by atoms with van der Waals surface area (Å²) in [6.45, 7) is 6.97. The van der Waals surface area contributed by atoms with E-state index in [1.165, 1.54) is 0 Å². The average molecular weight is 274 g/mol. The monoisotopic (exact) mass is 274 g/mol. The van der Waals surface area contributed by atoms with Crippen LogP contribution in [0.1, 0.15) is 50.4 Å². The van der Waals surface area contributed by atoms with Crippen LogP contribution in [-0.4, -0.2) is 29.0 Å². The molecule has 1 saturated heterocycles. The highest BCUT2D eigenvalue weighted by molar-refractivity contribution is 5.57. The Kier molecular flexibility index (Phi) is 4.91. The van der Waals surface area contributed by atoms with Crippen LogP contribution in [0.15, 0.2) is 0 Å². The van der Waals surface area contributed by atoms with E-state index < -0.39 is 0 Å². The Morgan fingerprint density at radius 3 is 2.75 bits per heavy atom. The van der Waals surface area contributed by atoms with Crippen molar-refractivity contribution < 1.29 is 4.74 Å². The maximum Gasteiger partial charge on any atom is 0.167 e. The van der Waals surface area contributed by atoms with E-state index in [9.17, 15) is 5.26 Å². The lowest BCUT2D eigenvalue weighted by Gasteiger charge is -2.21. The van der Waals surface area contributed by atoms with Crippen LogP contribution in [0.3, 0.4) is 0 Å². The van der Waals surface area contributed by atoms with Crippen molar-refractivity contribution in [1.29, 1.82) is 5.26 Å². The van der Waals surface area contributed by atoms with Gasteiger partial charge in [-0.3, -0.25) is 0 Å². The summed E-state index contributed by atoms with van der Waals surface area (Å²) in [4.78, 5) is 0. The lowest BCUT2D eigenvalue weighted by molar-refractivity contribution is 0.0995. The van der Waals surface area contributed by atoms with E-state index in [0.717, 1.165) is 43.5 Å². The van der Waals surface area contributed by atoms with E-state index in [2.05, 4.69) is 28.5 Å². The third-order valence-corrected chi connectivity index (χ3v) is 3.84. The molecule has 1 N–H and O–H groups in total. The SMILES string of the molecule is CCc1nnc(NC(C)C2CCCO2)c(C#N)c1CC. The maximum atomic E-state index is 9.44. The first-order valence-corrected chi connectivity index (χ1v) is 7.37. The van der Waals surface area contributed by atoms with Crippen molar-refractivity contribution in [2.45, 2.75) is 58.6 Å². The molecule has 108 valence electrons. The van der Waals surface area contributed by atoms with Crippen LogP contribution in [-0.2, 0) is 17.6 Å². The largest absolute Gasteiger partial charge is 0.376 e. The molecule has 0 aliphatic carbocycles.